The van der Waals surface area contributed by atoms with Gasteiger partial charge in [0.1, 0.15) is 5.15 Å². The average molecular weight is 285 g/mol. The maximum Gasteiger partial charge on any atom is 0.129 e. The van der Waals surface area contributed by atoms with Crippen LogP contribution in [-0.4, -0.2) is 9.97 Å². The van der Waals surface area contributed by atoms with Gasteiger partial charge in [0.25, 0.3) is 0 Å². The molecule has 0 aliphatic carbocycles. The zero-order chi connectivity index (χ0) is 13.9. The Morgan fingerprint density at radius 2 is 1.90 bits per heavy atom. The predicted octanol–water partition coefficient (Wildman–Crippen LogP) is 2.84. The first-order valence-corrected chi connectivity index (χ1v) is 6.58. The molecule has 0 aliphatic heterocycles. The van der Waals surface area contributed by atoms with Gasteiger partial charge in [-0.3, -0.25) is 10.8 Å². The van der Waals surface area contributed by atoms with E-state index in [9.17, 15) is 0 Å². The van der Waals surface area contributed by atoms with Gasteiger partial charge < -0.3 is 0 Å². The van der Waals surface area contributed by atoms with Crippen molar-refractivity contribution in [1.29, 1.82) is 0 Å². The molecular formula is C15H13ClN4. The first kappa shape index (κ1) is 13.0. The van der Waals surface area contributed by atoms with E-state index in [1.807, 2.05) is 30.3 Å². The summed E-state index contributed by atoms with van der Waals surface area (Å²) in [6.07, 6.45) is 3.50. The number of fused-ring (bicyclic) bond motifs is 1. The molecule has 2 aromatic heterocycles. The Labute approximate surface area is 121 Å². The van der Waals surface area contributed by atoms with Gasteiger partial charge in [0.05, 0.1) is 11.6 Å². The van der Waals surface area contributed by atoms with Gasteiger partial charge in [0.15, 0.2) is 0 Å². The van der Waals surface area contributed by atoms with Crippen molar-refractivity contribution in [3.8, 4) is 0 Å². The number of nitrogens with zero attached hydrogens (tertiary/aromatic N) is 2. The molecular weight excluding hydrogens is 272 g/mol. The number of hydrogen-bond donors (Lipinski definition) is 2. The SMILES string of the molecule is NNC(c1ccc(Cl)nc1)c1ccc2ncccc2c1. The minimum atomic E-state index is -0.135. The molecule has 0 bridgehead atoms. The average Bonchev–Trinajstić information content (AvgIpc) is 2.50. The molecule has 0 amide bonds. The lowest BCUT2D eigenvalue weighted by Gasteiger charge is -2.17. The molecule has 100 valence electrons. The van der Waals surface area contributed by atoms with Gasteiger partial charge >= 0.3 is 0 Å². The zero-order valence-corrected chi connectivity index (χ0v) is 11.4. The third-order valence-electron chi connectivity index (χ3n) is 3.21. The fourth-order valence-electron chi connectivity index (χ4n) is 2.22. The van der Waals surface area contributed by atoms with E-state index in [-0.39, 0.29) is 6.04 Å². The monoisotopic (exact) mass is 284 g/mol. The van der Waals surface area contributed by atoms with E-state index in [2.05, 4.69) is 21.5 Å². The van der Waals surface area contributed by atoms with Gasteiger partial charge in [-0.25, -0.2) is 10.4 Å². The molecule has 0 aliphatic rings. The third-order valence-corrected chi connectivity index (χ3v) is 3.43. The molecule has 0 fully saturated rings. The summed E-state index contributed by atoms with van der Waals surface area (Å²) in [6.45, 7) is 0. The predicted molar refractivity (Wildman–Crippen MR) is 80.2 cm³/mol. The molecule has 3 N–H and O–H groups in total. The number of nitrogens with one attached hydrogen (secondary N) is 1. The van der Waals surface area contributed by atoms with Crippen LogP contribution in [0.2, 0.25) is 5.15 Å². The van der Waals surface area contributed by atoms with Crippen LogP contribution >= 0.6 is 11.6 Å². The Morgan fingerprint density at radius 1 is 1.05 bits per heavy atom. The highest BCUT2D eigenvalue weighted by atomic mass is 35.5. The Kier molecular flexibility index (Phi) is 3.60. The van der Waals surface area contributed by atoms with Crippen LogP contribution in [-0.2, 0) is 0 Å². The number of aromatic nitrogens is 2. The number of nitrogens with two attached hydrogens (primary N) is 1. The van der Waals surface area contributed by atoms with Crippen molar-refractivity contribution in [3.05, 3.63) is 71.1 Å². The van der Waals surface area contributed by atoms with Crippen LogP contribution in [0.1, 0.15) is 17.2 Å². The van der Waals surface area contributed by atoms with E-state index >= 15 is 0 Å². The number of hydrazine groups is 1. The van der Waals surface area contributed by atoms with Crippen LogP contribution in [0.15, 0.2) is 54.9 Å². The fraction of sp³-hybridized carbons (Fsp3) is 0.0667. The second kappa shape index (κ2) is 5.54. The largest absolute Gasteiger partial charge is 0.271 e. The van der Waals surface area contributed by atoms with Gasteiger partial charge in [-0.05, 0) is 35.4 Å². The summed E-state index contributed by atoms with van der Waals surface area (Å²) in [7, 11) is 0. The molecule has 1 unspecified atom stereocenters. The summed E-state index contributed by atoms with van der Waals surface area (Å²) in [6, 6.07) is 13.5. The fourth-order valence-corrected chi connectivity index (χ4v) is 2.33. The molecule has 0 spiro atoms. The van der Waals surface area contributed by atoms with Crippen molar-refractivity contribution in [3.63, 3.8) is 0 Å². The molecule has 3 aromatic rings. The van der Waals surface area contributed by atoms with Crippen molar-refractivity contribution in [2.45, 2.75) is 6.04 Å². The highest BCUT2D eigenvalue weighted by molar-refractivity contribution is 6.29. The minimum Gasteiger partial charge on any atom is -0.271 e. The molecule has 4 nitrogen and oxygen atoms in total. The van der Waals surface area contributed by atoms with Crippen LogP contribution in [0.25, 0.3) is 10.9 Å². The smallest absolute Gasteiger partial charge is 0.129 e. The van der Waals surface area contributed by atoms with Gasteiger partial charge in [0, 0.05) is 17.8 Å². The molecule has 2 heterocycles. The lowest BCUT2D eigenvalue weighted by molar-refractivity contribution is 0.635. The molecule has 3 rings (SSSR count). The van der Waals surface area contributed by atoms with Crippen molar-refractivity contribution in [1.82, 2.24) is 15.4 Å². The lowest BCUT2D eigenvalue weighted by atomic mass is 9.99. The highest BCUT2D eigenvalue weighted by Crippen LogP contribution is 2.24. The quantitative estimate of drug-likeness (QED) is 0.441. The summed E-state index contributed by atoms with van der Waals surface area (Å²) >= 11 is 5.81. The molecule has 5 heteroatoms. The second-order valence-electron chi connectivity index (χ2n) is 4.47. The van der Waals surface area contributed by atoms with Crippen LogP contribution in [0.4, 0.5) is 0 Å². The molecule has 0 saturated heterocycles. The van der Waals surface area contributed by atoms with Crippen LogP contribution in [0, 0.1) is 0 Å². The van der Waals surface area contributed by atoms with Crippen molar-refractivity contribution >= 4 is 22.5 Å². The zero-order valence-electron chi connectivity index (χ0n) is 10.6. The summed E-state index contributed by atoms with van der Waals surface area (Å²) in [5.74, 6) is 5.69. The number of hydrogen-bond acceptors (Lipinski definition) is 4. The maximum absolute atomic E-state index is 5.81. The Balaban J connectivity index is 2.04. The Bertz CT molecular complexity index is 727. The minimum absolute atomic E-state index is 0.135. The molecule has 20 heavy (non-hydrogen) atoms. The van der Waals surface area contributed by atoms with Gasteiger partial charge in [0.2, 0.25) is 0 Å². The normalized spacial score (nSPS) is 12.5. The van der Waals surface area contributed by atoms with Crippen LogP contribution < -0.4 is 11.3 Å². The van der Waals surface area contributed by atoms with Crippen LogP contribution in [0.5, 0.6) is 0 Å². The number of rotatable bonds is 3. The van der Waals surface area contributed by atoms with Crippen molar-refractivity contribution < 1.29 is 0 Å². The van der Waals surface area contributed by atoms with E-state index < -0.39 is 0 Å². The van der Waals surface area contributed by atoms with Crippen molar-refractivity contribution in [2.24, 2.45) is 5.84 Å². The Hall–Kier alpha value is -2.01. The third kappa shape index (κ3) is 2.49. The molecule has 0 saturated carbocycles. The maximum atomic E-state index is 5.81. The molecule has 0 radical (unpaired) electrons. The van der Waals surface area contributed by atoms with Gasteiger partial charge in [-0.2, -0.15) is 0 Å². The highest BCUT2D eigenvalue weighted by Gasteiger charge is 2.13. The van der Waals surface area contributed by atoms with E-state index in [0.717, 1.165) is 22.0 Å². The summed E-state index contributed by atoms with van der Waals surface area (Å²) in [4.78, 5) is 8.40. The van der Waals surface area contributed by atoms with E-state index in [1.54, 1.807) is 18.5 Å². The Morgan fingerprint density at radius 3 is 2.65 bits per heavy atom. The van der Waals surface area contributed by atoms with E-state index in [4.69, 9.17) is 17.4 Å². The summed E-state index contributed by atoms with van der Waals surface area (Å²) < 4.78 is 0. The van der Waals surface area contributed by atoms with Gasteiger partial charge in [-0.1, -0.05) is 29.8 Å². The second-order valence-corrected chi connectivity index (χ2v) is 4.86. The van der Waals surface area contributed by atoms with E-state index in [1.165, 1.54) is 0 Å². The van der Waals surface area contributed by atoms with Crippen LogP contribution in [0.3, 0.4) is 0 Å². The first-order chi connectivity index (χ1) is 9.78. The lowest BCUT2D eigenvalue weighted by Crippen LogP contribution is -2.28. The number of pyridine rings is 2. The number of benzene rings is 1. The molecule has 1 aromatic carbocycles. The summed E-state index contributed by atoms with van der Waals surface area (Å²) in [5.41, 5.74) is 5.79. The summed E-state index contributed by atoms with van der Waals surface area (Å²) in [5, 5.41) is 1.54. The standard InChI is InChI=1S/C15H13ClN4/c16-14-6-4-12(9-19-14)15(20-17)11-3-5-13-10(8-11)2-1-7-18-13/h1-9,15,20H,17H2. The van der Waals surface area contributed by atoms with Crippen molar-refractivity contribution in [2.75, 3.05) is 0 Å². The van der Waals surface area contributed by atoms with Gasteiger partial charge in [-0.15, -0.1) is 0 Å². The topological polar surface area (TPSA) is 63.8 Å². The molecule has 1 atom stereocenters. The number of halogens is 1. The first-order valence-electron chi connectivity index (χ1n) is 6.20. The van der Waals surface area contributed by atoms with E-state index in [0.29, 0.717) is 5.15 Å².